The lowest BCUT2D eigenvalue weighted by Gasteiger charge is -2.04. The zero-order chi connectivity index (χ0) is 18.0. The van der Waals surface area contributed by atoms with E-state index in [4.69, 9.17) is 0 Å². The van der Waals surface area contributed by atoms with Gasteiger partial charge in [0.1, 0.15) is 5.82 Å². The zero-order valence-electron chi connectivity index (χ0n) is 13.6. The van der Waals surface area contributed by atoms with Crippen LogP contribution in [0.2, 0.25) is 0 Å². The highest BCUT2D eigenvalue weighted by Gasteiger charge is 2.07. The number of amides is 1. The molecule has 0 spiro atoms. The van der Waals surface area contributed by atoms with Gasteiger partial charge in [0, 0.05) is 18.2 Å². The first-order valence-electron chi connectivity index (χ1n) is 7.49. The van der Waals surface area contributed by atoms with E-state index in [1.54, 1.807) is 35.8 Å². The number of non-ortho nitro benzene ring substituents is 1. The molecule has 8 nitrogen and oxygen atoms in total. The summed E-state index contributed by atoms with van der Waals surface area (Å²) in [6.45, 7) is 3.70. The molecule has 1 amide bonds. The Labute approximate surface area is 143 Å². The van der Waals surface area contributed by atoms with Crippen molar-refractivity contribution in [3.8, 4) is 0 Å². The largest absolute Gasteiger partial charge is 0.321 e. The highest BCUT2D eigenvalue weighted by Crippen LogP contribution is 2.16. The number of nitrogens with one attached hydrogen (secondary N) is 1. The van der Waals surface area contributed by atoms with Crippen molar-refractivity contribution in [3.63, 3.8) is 0 Å². The number of aryl methyl sites for hydroxylation is 2. The van der Waals surface area contributed by atoms with Crippen LogP contribution in [0.15, 0.2) is 42.6 Å². The maximum atomic E-state index is 12.1. The van der Waals surface area contributed by atoms with Gasteiger partial charge in [0.05, 0.1) is 16.8 Å². The molecule has 0 unspecified atom stereocenters. The molecule has 0 atom stereocenters. The molecule has 1 N–H and O–H groups in total. The van der Waals surface area contributed by atoms with E-state index in [-0.39, 0.29) is 11.6 Å². The van der Waals surface area contributed by atoms with Crippen LogP contribution in [0.4, 0.5) is 11.4 Å². The number of nitro benzene ring substituents is 1. The molecule has 0 bridgehead atoms. The Morgan fingerprint density at radius 1 is 1.28 bits per heavy atom. The summed E-state index contributed by atoms with van der Waals surface area (Å²) in [5.41, 5.74) is 2.95. The van der Waals surface area contributed by atoms with Crippen LogP contribution in [0.5, 0.6) is 0 Å². The number of rotatable bonds is 4. The molecule has 0 saturated heterocycles. The van der Waals surface area contributed by atoms with Crippen molar-refractivity contribution < 1.29 is 9.72 Å². The quantitative estimate of drug-likeness (QED) is 0.448. The Balaban J connectivity index is 1.72. The standard InChI is InChI=1S/C17H15N5O3/c1-11-9-14(10-21-17(11)18-12(2)20-21)19-16(23)8-5-13-3-6-15(7-4-13)22(24)25/h3-10H,1-2H3,(H,19,23)/b8-5+. The number of pyridine rings is 1. The SMILES string of the molecule is Cc1nc2c(C)cc(NC(=O)/C=C/c3ccc([N+](=O)[O-])cc3)cn2n1. The number of fused-ring (bicyclic) bond motifs is 1. The van der Waals surface area contributed by atoms with E-state index in [0.717, 1.165) is 11.2 Å². The second-order valence-corrected chi connectivity index (χ2v) is 5.51. The molecule has 1 aromatic carbocycles. The van der Waals surface area contributed by atoms with Crippen molar-refractivity contribution in [1.82, 2.24) is 14.6 Å². The first-order chi connectivity index (χ1) is 11.9. The molecule has 0 aliphatic heterocycles. The maximum Gasteiger partial charge on any atom is 0.269 e. The predicted octanol–water partition coefficient (Wildman–Crippen LogP) is 2.91. The normalized spacial score (nSPS) is 11.1. The van der Waals surface area contributed by atoms with Crippen LogP contribution < -0.4 is 5.32 Å². The fourth-order valence-electron chi connectivity index (χ4n) is 2.39. The van der Waals surface area contributed by atoms with E-state index < -0.39 is 4.92 Å². The number of hydrogen-bond donors (Lipinski definition) is 1. The molecular formula is C17H15N5O3. The average Bonchev–Trinajstić information content (AvgIpc) is 2.94. The lowest BCUT2D eigenvalue weighted by Crippen LogP contribution is -2.09. The lowest BCUT2D eigenvalue weighted by molar-refractivity contribution is -0.384. The molecule has 126 valence electrons. The van der Waals surface area contributed by atoms with Crippen molar-refractivity contribution in [1.29, 1.82) is 0 Å². The maximum absolute atomic E-state index is 12.1. The number of nitro groups is 1. The minimum Gasteiger partial charge on any atom is -0.321 e. The predicted molar refractivity (Wildman–Crippen MR) is 93.2 cm³/mol. The van der Waals surface area contributed by atoms with Gasteiger partial charge in [-0.05, 0) is 49.2 Å². The number of carbonyl (C=O) groups excluding carboxylic acids is 1. The van der Waals surface area contributed by atoms with Gasteiger partial charge in [-0.15, -0.1) is 0 Å². The van der Waals surface area contributed by atoms with Gasteiger partial charge in [-0.3, -0.25) is 14.9 Å². The summed E-state index contributed by atoms with van der Waals surface area (Å²) < 4.78 is 1.63. The molecule has 25 heavy (non-hydrogen) atoms. The van der Waals surface area contributed by atoms with E-state index in [9.17, 15) is 14.9 Å². The topological polar surface area (TPSA) is 102 Å². The summed E-state index contributed by atoms with van der Waals surface area (Å²) in [6.07, 6.45) is 4.65. The van der Waals surface area contributed by atoms with E-state index in [1.165, 1.54) is 18.2 Å². The molecule has 3 aromatic rings. The summed E-state index contributed by atoms with van der Waals surface area (Å²) in [7, 11) is 0. The lowest BCUT2D eigenvalue weighted by atomic mass is 10.2. The van der Waals surface area contributed by atoms with Gasteiger partial charge in [-0.25, -0.2) is 9.50 Å². The summed E-state index contributed by atoms with van der Waals surface area (Å²) in [4.78, 5) is 26.5. The number of carbonyl (C=O) groups is 1. The molecule has 2 heterocycles. The van der Waals surface area contributed by atoms with Gasteiger partial charge in [0.25, 0.3) is 5.69 Å². The van der Waals surface area contributed by atoms with Crippen molar-refractivity contribution >= 4 is 29.0 Å². The summed E-state index contributed by atoms with van der Waals surface area (Å²) >= 11 is 0. The molecule has 8 heteroatoms. The Morgan fingerprint density at radius 3 is 2.68 bits per heavy atom. The van der Waals surface area contributed by atoms with Crippen LogP contribution in [-0.4, -0.2) is 25.4 Å². The Bertz CT molecular complexity index is 989. The van der Waals surface area contributed by atoms with Gasteiger partial charge in [-0.1, -0.05) is 0 Å². The molecule has 0 saturated carbocycles. The number of nitrogens with zero attached hydrogens (tertiary/aromatic N) is 4. The van der Waals surface area contributed by atoms with E-state index in [2.05, 4.69) is 15.4 Å². The van der Waals surface area contributed by atoms with Crippen molar-refractivity contribution in [2.75, 3.05) is 5.32 Å². The second kappa shape index (κ2) is 6.52. The van der Waals surface area contributed by atoms with Gasteiger partial charge in [0.15, 0.2) is 5.65 Å². The highest BCUT2D eigenvalue weighted by molar-refractivity contribution is 6.02. The second-order valence-electron chi connectivity index (χ2n) is 5.51. The smallest absolute Gasteiger partial charge is 0.269 e. The van der Waals surface area contributed by atoms with Gasteiger partial charge < -0.3 is 5.32 Å². The molecule has 0 fully saturated rings. The molecule has 2 aromatic heterocycles. The number of hydrogen-bond acceptors (Lipinski definition) is 5. The van der Waals surface area contributed by atoms with Crippen LogP contribution in [0.3, 0.4) is 0 Å². The van der Waals surface area contributed by atoms with Gasteiger partial charge >= 0.3 is 0 Å². The van der Waals surface area contributed by atoms with Crippen LogP contribution in [0.1, 0.15) is 17.0 Å². The first-order valence-corrected chi connectivity index (χ1v) is 7.49. The van der Waals surface area contributed by atoms with Gasteiger partial charge in [0.2, 0.25) is 5.91 Å². The van der Waals surface area contributed by atoms with Crippen LogP contribution >= 0.6 is 0 Å². The summed E-state index contributed by atoms with van der Waals surface area (Å²) in [5.74, 6) is 0.346. The van der Waals surface area contributed by atoms with Crippen molar-refractivity contribution in [2.45, 2.75) is 13.8 Å². The minimum absolute atomic E-state index is 0.00787. The minimum atomic E-state index is -0.468. The monoisotopic (exact) mass is 337 g/mol. The zero-order valence-corrected chi connectivity index (χ0v) is 13.6. The highest BCUT2D eigenvalue weighted by atomic mass is 16.6. The number of aromatic nitrogens is 3. The van der Waals surface area contributed by atoms with Crippen molar-refractivity contribution in [3.05, 3.63) is 69.7 Å². The third-order valence-electron chi connectivity index (χ3n) is 3.52. The first kappa shape index (κ1) is 16.3. The van der Waals surface area contributed by atoms with E-state index in [0.29, 0.717) is 17.1 Å². The third kappa shape index (κ3) is 3.69. The summed E-state index contributed by atoms with van der Waals surface area (Å²) in [6, 6.07) is 7.76. The molecule has 0 radical (unpaired) electrons. The average molecular weight is 337 g/mol. The molecule has 0 aliphatic rings. The number of benzene rings is 1. The van der Waals surface area contributed by atoms with Crippen molar-refractivity contribution in [2.24, 2.45) is 0 Å². The van der Waals surface area contributed by atoms with E-state index >= 15 is 0 Å². The van der Waals surface area contributed by atoms with Crippen LogP contribution in [0, 0.1) is 24.0 Å². The number of anilines is 1. The Hall–Kier alpha value is -3.55. The third-order valence-corrected chi connectivity index (χ3v) is 3.52. The molecule has 0 aliphatic carbocycles. The Morgan fingerprint density at radius 2 is 2.00 bits per heavy atom. The fraction of sp³-hybridized carbons (Fsp3) is 0.118. The van der Waals surface area contributed by atoms with Crippen LogP contribution in [0.25, 0.3) is 11.7 Å². The molecular weight excluding hydrogens is 322 g/mol. The van der Waals surface area contributed by atoms with E-state index in [1.807, 2.05) is 13.0 Å². The fourth-order valence-corrected chi connectivity index (χ4v) is 2.39. The van der Waals surface area contributed by atoms with Gasteiger partial charge in [-0.2, -0.15) is 5.10 Å². The summed E-state index contributed by atoms with van der Waals surface area (Å²) in [5, 5.41) is 17.6. The Kier molecular flexibility index (Phi) is 4.25. The molecule has 3 rings (SSSR count). The van der Waals surface area contributed by atoms with Crippen LogP contribution in [-0.2, 0) is 4.79 Å².